The fourth-order valence-corrected chi connectivity index (χ4v) is 5.54. The highest BCUT2D eigenvalue weighted by atomic mass is 16.6. The van der Waals surface area contributed by atoms with Crippen LogP contribution in [0.4, 0.5) is 4.79 Å². The molecular weight excluding hydrogens is 580 g/mol. The number of nitrogens with zero attached hydrogens (tertiary/aromatic N) is 1. The molecule has 4 N–H and O–H groups in total. The number of carbonyl (C=O) groups excluding carboxylic acids is 3. The Morgan fingerprint density at radius 3 is 2.26 bits per heavy atom. The van der Waals surface area contributed by atoms with Gasteiger partial charge in [0.15, 0.2) is 0 Å². The summed E-state index contributed by atoms with van der Waals surface area (Å²) in [6.07, 6.45) is 2.71. The molecule has 3 amide bonds. The van der Waals surface area contributed by atoms with Crippen LogP contribution in [0.2, 0.25) is 0 Å². The third kappa shape index (κ3) is 11.2. The van der Waals surface area contributed by atoms with E-state index in [1.165, 1.54) is 0 Å². The summed E-state index contributed by atoms with van der Waals surface area (Å²) in [6.45, 7) is 14.9. The topological polar surface area (TPSA) is 122 Å². The summed E-state index contributed by atoms with van der Waals surface area (Å²) in [5.74, 6) is -0.694. The van der Waals surface area contributed by atoms with E-state index < -0.39 is 29.8 Å². The number of rotatable bonds is 16. The molecule has 0 saturated carbocycles. The zero-order valence-corrected chi connectivity index (χ0v) is 28.6. The first-order chi connectivity index (χ1) is 21.8. The Hall–Kier alpha value is -3.85. The minimum atomic E-state index is -0.993. The van der Waals surface area contributed by atoms with Crippen molar-refractivity contribution in [3.8, 4) is 0 Å². The number of ether oxygens (including phenoxy) is 1. The van der Waals surface area contributed by atoms with Crippen LogP contribution in [-0.2, 0) is 16.1 Å². The SMILES string of the molecule is CCCCNC(=O)C(C)CC(O)C(CC(CNC(=O)c1cn(Cc2ccccc2)c2ccccc12)C(C)C)NC(=O)OC(C)(C)C. The monoisotopic (exact) mass is 634 g/mol. The van der Waals surface area contributed by atoms with Crippen LogP contribution in [0.15, 0.2) is 60.8 Å². The van der Waals surface area contributed by atoms with E-state index in [-0.39, 0.29) is 30.1 Å². The van der Waals surface area contributed by atoms with Crippen LogP contribution in [0.3, 0.4) is 0 Å². The van der Waals surface area contributed by atoms with Gasteiger partial charge in [0.25, 0.3) is 5.91 Å². The number of hydrogen-bond donors (Lipinski definition) is 4. The maximum Gasteiger partial charge on any atom is 0.407 e. The molecule has 4 atom stereocenters. The van der Waals surface area contributed by atoms with Crippen LogP contribution < -0.4 is 16.0 Å². The summed E-state index contributed by atoms with van der Waals surface area (Å²) >= 11 is 0. The van der Waals surface area contributed by atoms with E-state index in [2.05, 4.69) is 53.4 Å². The molecule has 0 fully saturated rings. The van der Waals surface area contributed by atoms with E-state index in [1.807, 2.05) is 48.7 Å². The van der Waals surface area contributed by atoms with E-state index in [9.17, 15) is 19.5 Å². The predicted molar refractivity (Wildman–Crippen MR) is 184 cm³/mol. The fraction of sp³-hybridized carbons (Fsp3) is 0.541. The highest BCUT2D eigenvalue weighted by Gasteiger charge is 2.31. The largest absolute Gasteiger partial charge is 0.444 e. The van der Waals surface area contributed by atoms with Crippen LogP contribution >= 0.6 is 0 Å². The molecule has 9 nitrogen and oxygen atoms in total. The van der Waals surface area contributed by atoms with Crippen molar-refractivity contribution in [3.63, 3.8) is 0 Å². The number of aromatic nitrogens is 1. The Morgan fingerprint density at radius 2 is 1.61 bits per heavy atom. The second kappa shape index (κ2) is 17.2. The summed E-state index contributed by atoms with van der Waals surface area (Å²) in [6, 6.07) is 17.3. The van der Waals surface area contributed by atoms with Crippen molar-refractivity contribution < 1.29 is 24.2 Å². The first-order valence-corrected chi connectivity index (χ1v) is 16.6. The van der Waals surface area contributed by atoms with Crippen molar-refractivity contribution in [2.75, 3.05) is 13.1 Å². The number of benzene rings is 2. The zero-order chi connectivity index (χ0) is 33.9. The van der Waals surface area contributed by atoms with E-state index in [0.717, 1.165) is 29.3 Å². The van der Waals surface area contributed by atoms with Crippen molar-refractivity contribution >= 4 is 28.8 Å². The Kier molecular flexibility index (Phi) is 13.7. The maximum atomic E-state index is 13.6. The van der Waals surface area contributed by atoms with Crippen LogP contribution in [0.5, 0.6) is 0 Å². The average Bonchev–Trinajstić information content (AvgIpc) is 3.36. The van der Waals surface area contributed by atoms with Gasteiger partial charge < -0.3 is 30.4 Å². The standard InChI is InChI=1S/C37H54N4O5/c1-8-9-19-38-34(43)26(4)20-33(42)31(40-36(45)46-37(5,6)7)21-28(25(2)3)22-39-35(44)30-24-41(23-27-15-11-10-12-16-27)32-18-14-13-17-29(30)32/h10-18,24-26,28,31,33,42H,8-9,19-23H2,1-7H3,(H,38,43)(H,39,44)(H,40,45). The molecule has 252 valence electrons. The van der Waals surface area contributed by atoms with E-state index in [0.29, 0.717) is 31.6 Å². The Morgan fingerprint density at radius 1 is 0.935 bits per heavy atom. The number of unbranched alkanes of at least 4 members (excludes halogenated alkanes) is 1. The molecule has 0 aliphatic rings. The normalized spacial score (nSPS) is 14.4. The minimum Gasteiger partial charge on any atom is -0.444 e. The number of aliphatic hydroxyl groups excluding tert-OH is 1. The Balaban J connectivity index is 1.75. The van der Waals surface area contributed by atoms with Gasteiger partial charge in [0.1, 0.15) is 5.60 Å². The number of amides is 3. The number of aliphatic hydroxyl groups is 1. The molecule has 0 aliphatic heterocycles. The summed E-state index contributed by atoms with van der Waals surface area (Å²) in [5.41, 5.74) is 2.01. The molecule has 4 unspecified atom stereocenters. The molecule has 0 bridgehead atoms. The molecular formula is C37H54N4O5. The third-order valence-electron chi connectivity index (χ3n) is 8.29. The molecule has 46 heavy (non-hydrogen) atoms. The molecule has 1 aromatic heterocycles. The number of nitrogens with one attached hydrogen (secondary N) is 3. The number of fused-ring (bicyclic) bond motifs is 1. The lowest BCUT2D eigenvalue weighted by Gasteiger charge is -2.32. The molecule has 9 heteroatoms. The van der Waals surface area contributed by atoms with Crippen molar-refractivity contribution in [1.29, 1.82) is 0 Å². The number of para-hydroxylation sites is 1. The number of hydrogen-bond acceptors (Lipinski definition) is 5. The minimum absolute atomic E-state index is 0.0788. The second-order valence-corrected chi connectivity index (χ2v) is 13.7. The fourth-order valence-electron chi connectivity index (χ4n) is 5.54. The summed E-state index contributed by atoms with van der Waals surface area (Å²) in [5, 5.41) is 21.1. The van der Waals surface area contributed by atoms with Gasteiger partial charge in [0.05, 0.1) is 17.7 Å². The third-order valence-corrected chi connectivity index (χ3v) is 8.29. The highest BCUT2D eigenvalue weighted by molar-refractivity contribution is 6.07. The van der Waals surface area contributed by atoms with Crippen LogP contribution in [0.1, 0.15) is 90.1 Å². The molecule has 0 spiro atoms. The van der Waals surface area contributed by atoms with Gasteiger partial charge >= 0.3 is 6.09 Å². The quantitative estimate of drug-likeness (QED) is 0.138. The van der Waals surface area contributed by atoms with E-state index in [1.54, 1.807) is 27.7 Å². The predicted octanol–water partition coefficient (Wildman–Crippen LogP) is 6.28. The molecule has 2 aromatic carbocycles. The van der Waals surface area contributed by atoms with Gasteiger partial charge in [-0.25, -0.2) is 4.79 Å². The van der Waals surface area contributed by atoms with Crippen molar-refractivity contribution in [3.05, 3.63) is 71.9 Å². The van der Waals surface area contributed by atoms with Gasteiger partial charge in [-0.1, -0.05) is 82.6 Å². The maximum absolute atomic E-state index is 13.6. The van der Waals surface area contributed by atoms with Gasteiger partial charge in [-0.2, -0.15) is 0 Å². The van der Waals surface area contributed by atoms with Crippen LogP contribution in [0, 0.1) is 17.8 Å². The van der Waals surface area contributed by atoms with E-state index in [4.69, 9.17) is 4.74 Å². The first-order valence-electron chi connectivity index (χ1n) is 16.6. The molecule has 0 saturated heterocycles. The molecule has 0 radical (unpaired) electrons. The lowest BCUT2D eigenvalue weighted by atomic mass is 9.85. The molecule has 1 heterocycles. The molecule has 3 aromatic rings. The van der Waals surface area contributed by atoms with Gasteiger partial charge in [0.2, 0.25) is 5.91 Å². The first kappa shape index (κ1) is 36.6. The average molecular weight is 635 g/mol. The van der Waals surface area contributed by atoms with E-state index >= 15 is 0 Å². The van der Waals surface area contributed by atoms with Gasteiger partial charge in [-0.05, 0) is 63.5 Å². The lowest BCUT2D eigenvalue weighted by Crippen LogP contribution is -2.49. The summed E-state index contributed by atoms with van der Waals surface area (Å²) in [4.78, 5) is 39.1. The van der Waals surface area contributed by atoms with Gasteiger partial charge in [-0.15, -0.1) is 0 Å². The Bertz CT molecular complexity index is 1410. The van der Waals surface area contributed by atoms with Crippen molar-refractivity contribution in [1.82, 2.24) is 20.5 Å². The van der Waals surface area contributed by atoms with Crippen LogP contribution in [0.25, 0.3) is 10.9 Å². The van der Waals surface area contributed by atoms with Gasteiger partial charge in [-0.3, -0.25) is 9.59 Å². The lowest BCUT2D eigenvalue weighted by molar-refractivity contribution is -0.125. The van der Waals surface area contributed by atoms with Crippen molar-refractivity contribution in [2.24, 2.45) is 17.8 Å². The number of alkyl carbamates (subject to hydrolysis) is 1. The smallest absolute Gasteiger partial charge is 0.407 e. The second-order valence-electron chi connectivity index (χ2n) is 13.7. The Labute approximate surface area is 274 Å². The highest BCUT2D eigenvalue weighted by Crippen LogP contribution is 2.25. The number of carbonyl (C=O) groups is 3. The van der Waals surface area contributed by atoms with Crippen LogP contribution in [-0.4, -0.2) is 58.4 Å². The summed E-state index contributed by atoms with van der Waals surface area (Å²) < 4.78 is 7.60. The molecule has 0 aliphatic carbocycles. The zero-order valence-electron chi connectivity index (χ0n) is 28.6. The van der Waals surface area contributed by atoms with Crippen molar-refractivity contribution in [2.45, 2.75) is 98.4 Å². The summed E-state index contributed by atoms with van der Waals surface area (Å²) in [7, 11) is 0. The molecule has 3 rings (SSSR count). The van der Waals surface area contributed by atoms with Gasteiger partial charge in [0, 0.05) is 42.7 Å².